The predicted molar refractivity (Wildman–Crippen MR) is 129 cm³/mol. The molecule has 0 radical (unpaired) electrons. The van der Waals surface area contributed by atoms with Crippen LogP contribution in [0.4, 0.5) is 18.9 Å². The van der Waals surface area contributed by atoms with Crippen LogP contribution >= 0.6 is 23.1 Å². The minimum atomic E-state index is -4.57. The molecular formula is C26H19F3N2O3S2. The molecule has 3 heterocycles. The number of benzene rings is 2. The van der Waals surface area contributed by atoms with E-state index in [1.807, 2.05) is 30.3 Å². The smallest absolute Gasteiger partial charge is 0.307 e. The Morgan fingerprint density at radius 3 is 2.36 bits per heavy atom. The van der Waals surface area contributed by atoms with E-state index in [4.69, 9.17) is 0 Å². The van der Waals surface area contributed by atoms with E-state index >= 15 is 0 Å². The maximum absolute atomic E-state index is 13.7. The summed E-state index contributed by atoms with van der Waals surface area (Å²) in [5, 5.41) is 0.869. The predicted octanol–water partition coefficient (Wildman–Crippen LogP) is 5.13. The Labute approximate surface area is 211 Å². The fraction of sp³-hybridized carbons (Fsp3) is 0.346. The van der Waals surface area contributed by atoms with Crippen LogP contribution in [-0.4, -0.2) is 22.0 Å². The number of amides is 2. The van der Waals surface area contributed by atoms with E-state index in [2.05, 4.69) is 4.98 Å². The number of halogens is 3. The number of aromatic amines is 1. The number of anilines is 1. The van der Waals surface area contributed by atoms with Gasteiger partial charge in [0.05, 0.1) is 28.1 Å². The first-order valence-corrected chi connectivity index (χ1v) is 13.4. The topological polar surface area (TPSA) is 70.2 Å². The minimum absolute atomic E-state index is 0.0210. The number of thioether (sulfide) groups is 1. The number of rotatable bonds is 2. The summed E-state index contributed by atoms with van der Waals surface area (Å²) in [4.78, 5) is 44.3. The summed E-state index contributed by atoms with van der Waals surface area (Å²) in [6.45, 7) is 0. The van der Waals surface area contributed by atoms with E-state index < -0.39 is 35.4 Å². The summed E-state index contributed by atoms with van der Waals surface area (Å²) in [5.41, 5.74) is 0.162. The number of hydrogen-bond acceptors (Lipinski definition) is 5. The highest BCUT2D eigenvalue weighted by atomic mass is 32.2. The van der Waals surface area contributed by atoms with Crippen molar-refractivity contribution in [2.24, 2.45) is 29.6 Å². The maximum Gasteiger partial charge on any atom is 0.416 e. The van der Waals surface area contributed by atoms with E-state index in [1.165, 1.54) is 23.5 Å². The van der Waals surface area contributed by atoms with Gasteiger partial charge in [0, 0.05) is 16.0 Å². The number of alkyl halides is 3. The van der Waals surface area contributed by atoms with E-state index in [-0.39, 0.29) is 39.5 Å². The molecule has 1 saturated heterocycles. The Morgan fingerprint density at radius 2 is 1.64 bits per heavy atom. The summed E-state index contributed by atoms with van der Waals surface area (Å²) in [7, 11) is 0. The van der Waals surface area contributed by atoms with Crippen LogP contribution in [0.3, 0.4) is 0 Å². The van der Waals surface area contributed by atoms with Crippen LogP contribution in [0.25, 0.3) is 0 Å². The molecule has 2 bridgehead atoms. The second-order valence-electron chi connectivity index (χ2n) is 9.93. The van der Waals surface area contributed by atoms with Crippen LogP contribution in [0.2, 0.25) is 0 Å². The average Bonchev–Trinajstić information content (AvgIpc) is 3.58. The zero-order valence-corrected chi connectivity index (χ0v) is 20.2. The normalized spacial score (nSPS) is 32.5. The lowest BCUT2D eigenvalue weighted by Crippen LogP contribution is -2.42. The molecule has 2 aliphatic carbocycles. The number of hydrogen-bond donors (Lipinski definition) is 1. The number of H-pyrrole nitrogens is 1. The summed E-state index contributed by atoms with van der Waals surface area (Å²) in [6.07, 6.45) is -3.84. The quantitative estimate of drug-likeness (QED) is 0.468. The minimum Gasteiger partial charge on any atom is -0.307 e. The van der Waals surface area contributed by atoms with Gasteiger partial charge in [-0.25, -0.2) is 0 Å². The molecule has 3 fully saturated rings. The zero-order valence-electron chi connectivity index (χ0n) is 18.6. The highest BCUT2D eigenvalue weighted by molar-refractivity contribution is 8.00. The number of thiazole rings is 1. The Bertz CT molecular complexity index is 1470. The maximum atomic E-state index is 13.7. The molecule has 2 aromatic carbocycles. The molecule has 5 nitrogen and oxygen atoms in total. The first-order valence-electron chi connectivity index (χ1n) is 11.7. The van der Waals surface area contributed by atoms with E-state index in [1.54, 1.807) is 11.8 Å². The van der Waals surface area contributed by atoms with Gasteiger partial charge in [-0.1, -0.05) is 47.7 Å². The average molecular weight is 529 g/mol. The Kier molecular flexibility index (Phi) is 4.71. The van der Waals surface area contributed by atoms with Gasteiger partial charge in [-0.15, -0.1) is 11.8 Å². The van der Waals surface area contributed by atoms with Crippen LogP contribution < -0.4 is 9.77 Å². The van der Waals surface area contributed by atoms with Crippen molar-refractivity contribution in [1.82, 2.24) is 4.98 Å². The SMILES string of the molecule is O=C1[C@@H]2[C@H]3C[C@@H]([C@H]4Sc5[nH]c(=O)sc5[C@H](c5ccccc5)[C@@H]34)[C@H]2C(=O)N1c1cccc(C(F)(F)F)c1. The Balaban J connectivity index is 1.30. The second kappa shape index (κ2) is 7.58. The van der Waals surface area contributed by atoms with Crippen molar-refractivity contribution < 1.29 is 22.8 Å². The molecule has 3 aromatic rings. The number of carbonyl (C=O) groups excluding carboxylic acids is 2. The van der Waals surface area contributed by atoms with Crippen molar-refractivity contribution in [1.29, 1.82) is 0 Å². The third kappa shape index (κ3) is 3.00. The molecule has 2 aliphatic heterocycles. The van der Waals surface area contributed by atoms with Gasteiger partial charge < -0.3 is 4.98 Å². The van der Waals surface area contributed by atoms with Crippen LogP contribution in [0.15, 0.2) is 64.4 Å². The molecule has 4 aliphatic rings. The summed E-state index contributed by atoms with van der Waals surface area (Å²) >= 11 is 2.79. The lowest BCUT2D eigenvalue weighted by Gasteiger charge is -2.43. The van der Waals surface area contributed by atoms with Gasteiger partial charge >= 0.3 is 11.0 Å². The lowest BCUT2D eigenvalue weighted by atomic mass is 9.68. The molecule has 7 rings (SSSR count). The standard InChI is InChI=1S/C26H19F3N2O3S2/c27-26(28,29)12-7-4-8-13(9-12)31-23(32)18-14-10-15(19(18)24(31)33)20-17(14)16(11-5-2-1-3-6-11)21-22(35-20)30-25(34)36-21/h1-9,14-20H,10H2,(H,30,34)/t14-,15+,16+,17+,18+,19+,20+/m0/s1. The molecule has 1 aromatic heterocycles. The summed E-state index contributed by atoms with van der Waals surface area (Å²) in [5.74, 6) is -2.09. The molecule has 10 heteroatoms. The number of aromatic nitrogens is 1. The van der Waals surface area contributed by atoms with Crippen molar-refractivity contribution in [3.05, 3.63) is 80.3 Å². The number of fused-ring (bicyclic) bond motifs is 9. The summed E-state index contributed by atoms with van der Waals surface area (Å²) < 4.78 is 40.0. The Morgan fingerprint density at radius 1 is 0.917 bits per heavy atom. The van der Waals surface area contributed by atoms with E-state index in [0.29, 0.717) is 0 Å². The number of imide groups is 1. The second-order valence-corrected chi connectivity index (χ2v) is 12.1. The van der Waals surface area contributed by atoms with Crippen molar-refractivity contribution in [2.75, 3.05) is 4.90 Å². The van der Waals surface area contributed by atoms with Gasteiger partial charge in [0.1, 0.15) is 0 Å². The van der Waals surface area contributed by atoms with Gasteiger partial charge in [-0.2, -0.15) is 13.2 Å². The molecule has 7 atom stereocenters. The van der Waals surface area contributed by atoms with Gasteiger partial charge in [0.25, 0.3) is 0 Å². The van der Waals surface area contributed by atoms with Crippen LogP contribution in [0, 0.1) is 29.6 Å². The van der Waals surface area contributed by atoms with Crippen LogP contribution in [0.5, 0.6) is 0 Å². The van der Waals surface area contributed by atoms with E-state index in [9.17, 15) is 27.6 Å². The molecular weight excluding hydrogens is 509 g/mol. The van der Waals surface area contributed by atoms with Crippen molar-refractivity contribution in [2.45, 2.75) is 28.8 Å². The summed E-state index contributed by atoms with van der Waals surface area (Å²) in [6, 6.07) is 14.4. The van der Waals surface area contributed by atoms with Crippen molar-refractivity contribution in [3.63, 3.8) is 0 Å². The molecule has 0 unspecified atom stereocenters. The van der Waals surface area contributed by atoms with Crippen molar-refractivity contribution in [3.8, 4) is 0 Å². The molecule has 2 amide bonds. The van der Waals surface area contributed by atoms with E-state index in [0.717, 1.165) is 38.9 Å². The fourth-order valence-electron chi connectivity index (χ4n) is 7.13. The van der Waals surface area contributed by atoms with Gasteiger partial charge in [-0.05, 0) is 47.9 Å². The number of nitrogens with one attached hydrogen (secondary N) is 1. The highest BCUT2D eigenvalue weighted by Crippen LogP contribution is 2.68. The van der Waals surface area contributed by atoms with Gasteiger partial charge in [-0.3, -0.25) is 19.3 Å². The van der Waals surface area contributed by atoms with Gasteiger partial charge in [0.15, 0.2) is 0 Å². The first kappa shape index (κ1) is 22.4. The molecule has 0 spiro atoms. The number of carbonyl (C=O) groups is 2. The monoisotopic (exact) mass is 528 g/mol. The first-order chi connectivity index (χ1) is 17.2. The van der Waals surface area contributed by atoms with Crippen LogP contribution in [-0.2, 0) is 15.8 Å². The lowest BCUT2D eigenvalue weighted by molar-refractivity contribution is -0.137. The third-order valence-corrected chi connectivity index (χ3v) is 10.9. The highest BCUT2D eigenvalue weighted by Gasteiger charge is 2.69. The third-order valence-electron chi connectivity index (χ3n) is 8.31. The van der Waals surface area contributed by atoms with Crippen molar-refractivity contribution >= 4 is 40.6 Å². The molecule has 36 heavy (non-hydrogen) atoms. The molecule has 1 N–H and O–H groups in total. The fourth-order valence-corrected chi connectivity index (χ4v) is 10.0. The van der Waals surface area contributed by atoms with Gasteiger partial charge in [0.2, 0.25) is 11.8 Å². The molecule has 2 saturated carbocycles. The largest absolute Gasteiger partial charge is 0.416 e. The zero-order chi connectivity index (χ0) is 24.9. The Hall–Kier alpha value is -2.85. The number of nitrogens with zero attached hydrogens (tertiary/aromatic N) is 1. The van der Waals surface area contributed by atoms with Crippen LogP contribution in [0.1, 0.15) is 28.3 Å². The molecule has 184 valence electrons.